The van der Waals surface area contributed by atoms with Crippen LogP contribution >= 0.6 is 11.8 Å². The number of anilines is 1. The minimum absolute atomic E-state index is 0.109. The molecule has 4 aromatic rings. The maximum Gasteiger partial charge on any atom is 0.234 e. The van der Waals surface area contributed by atoms with Crippen molar-refractivity contribution in [2.45, 2.75) is 12.1 Å². The molecule has 0 aliphatic heterocycles. The summed E-state index contributed by atoms with van der Waals surface area (Å²) in [5.41, 5.74) is 2.88. The number of carbonyl (C=O) groups is 1. The highest BCUT2D eigenvalue weighted by atomic mass is 32.2. The van der Waals surface area contributed by atoms with Crippen molar-refractivity contribution < 1.29 is 9.53 Å². The van der Waals surface area contributed by atoms with Crippen LogP contribution in [0.5, 0.6) is 11.5 Å². The summed E-state index contributed by atoms with van der Waals surface area (Å²) in [6.07, 6.45) is 0. The van der Waals surface area contributed by atoms with E-state index in [1.54, 1.807) is 0 Å². The van der Waals surface area contributed by atoms with Crippen LogP contribution in [0.4, 0.5) is 5.69 Å². The number of nitrogens with zero attached hydrogens (tertiary/aromatic N) is 3. The zero-order valence-corrected chi connectivity index (χ0v) is 18.1. The zero-order chi connectivity index (χ0) is 21.6. The maximum absolute atomic E-state index is 12.4. The van der Waals surface area contributed by atoms with Gasteiger partial charge in [-0.2, -0.15) is 0 Å². The third-order valence-electron chi connectivity index (χ3n) is 4.67. The minimum atomic E-state index is -0.109. The predicted molar refractivity (Wildman–Crippen MR) is 123 cm³/mol. The molecule has 7 heteroatoms. The number of amides is 1. The van der Waals surface area contributed by atoms with Gasteiger partial charge < -0.3 is 14.6 Å². The summed E-state index contributed by atoms with van der Waals surface area (Å²) < 4.78 is 7.68. The molecule has 0 radical (unpaired) electrons. The lowest BCUT2D eigenvalue weighted by atomic mass is 10.1. The molecule has 1 amide bonds. The van der Waals surface area contributed by atoms with Crippen LogP contribution in [0.25, 0.3) is 11.4 Å². The summed E-state index contributed by atoms with van der Waals surface area (Å²) in [6.45, 7) is 2.04. The Morgan fingerprint density at radius 1 is 0.935 bits per heavy atom. The molecule has 1 N–H and O–H groups in total. The number of hydrogen-bond acceptors (Lipinski definition) is 5. The first-order chi connectivity index (χ1) is 15.1. The number of benzene rings is 3. The number of ether oxygens (including phenoxy) is 1. The average Bonchev–Trinajstić information content (AvgIpc) is 3.15. The summed E-state index contributed by atoms with van der Waals surface area (Å²) in [6, 6.07) is 24.9. The van der Waals surface area contributed by atoms with Gasteiger partial charge in [-0.15, -0.1) is 10.2 Å². The Bertz CT molecular complexity index is 1170. The molecule has 4 rings (SSSR count). The van der Waals surface area contributed by atoms with Crippen molar-refractivity contribution in [1.82, 2.24) is 14.8 Å². The summed E-state index contributed by atoms with van der Waals surface area (Å²) in [5, 5.41) is 12.1. The van der Waals surface area contributed by atoms with Crippen LogP contribution in [-0.4, -0.2) is 26.4 Å². The molecular formula is C24H22N4O2S. The Labute approximate surface area is 185 Å². The highest BCUT2D eigenvalue weighted by Crippen LogP contribution is 2.26. The molecule has 0 spiro atoms. The van der Waals surface area contributed by atoms with E-state index < -0.39 is 0 Å². The fraction of sp³-hybridized carbons (Fsp3) is 0.125. The van der Waals surface area contributed by atoms with Gasteiger partial charge in [-0.05, 0) is 48.9 Å². The van der Waals surface area contributed by atoms with E-state index in [9.17, 15) is 4.79 Å². The third-order valence-corrected chi connectivity index (χ3v) is 5.69. The minimum Gasteiger partial charge on any atom is -0.457 e. The molecule has 1 aromatic heterocycles. The maximum atomic E-state index is 12.4. The molecule has 3 aromatic carbocycles. The number of hydrogen-bond donors (Lipinski definition) is 1. The smallest absolute Gasteiger partial charge is 0.234 e. The van der Waals surface area contributed by atoms with Crippen molar-refractivity contribution in [2.75, 3.05) is 11.1 Å². The summed E-state index contributed by atoms with van der Waals surface area (Å²) >= 11 is 1.35. The number of aromatic nitrogens is 3. The number of thioether (sulfide) groups is 1. The first-order valence-corrected chi connectivity index (χ1v) is 10.8. The van der Waals surface area contributed by atoms with E-state index in [1.165, 1.54) is 11.8 Å². The Balaban J connectivity index is 1.33. The molecule has 0 bridgehead atoms. The Kier molecular flexibility index (Phi) is 6.33. The van der Waals surface area contributed by atoms with Gasteiger partial charge in [0.05, 0.1) is 5.75 Å². The normalized spacial score (nSPS) is 10.6. The fourth-order valence-electron chi connectivity index (χ4n) is 3.06. The van der Waals surface area contributed by atoms with Crippen LogP contribution in [0.15, 0.2) is 84.0 Å². The summed E-state index contributed by atoms with van der Waals surface area (Å²) in [5.74, 6) is 2.39. The Morgan fingerprint density at radius 3 is 2.35 bits per heavy atom. The first-order valence-electron chi connectivity index (χ1n) is 9.81. The first kappa shape index (κ1) is 20.7. The molecule has 0 unspecified atom stereocenters. The van der Waals surface area contributed by atoms with Gasteiger partial charge >= 0.3 is 0 Å². The second-order valence-corrected chi connectivity index (χ2v) is 7.90. The van der Waals surface area contributed by atoms with Gasteiger partial charge in [-0.1, -0.05) is 54.2 Å². The van der Waals surface area contributed by atoms with E-state index >= 15 is 0 Å². The summed E-state index contributed by atoms with van der Waals surface area (Å²) in [4.78, 5) is 12.4. The van der Waals surface area contributed by atoms with Crippen molar-refractivity contribution in [3.05, 3.63) is 84.4 Å². The molecule has 0 fully saturated rings. The van der Waals surface area contributed by atoms with Crippen LogP contribution in [0.1, 0.15) is 5.56 Å². The lowest BCUT2D eigenvalue weighted by molar-refractivity contribution is -0.113. The average molecular weight is 431 g/mol. The van der Waals surface area contributed by atoms with E-state index in [2.05, 4.69) is 15.5 Å². The van der Waals surface area contributed by atoms with E-state index in [0.717, 1.165) is 22.7 Å². The zero-order valence-electron chi connectivity index (χ0n) is 17.3. The molecule has 0 aliphatic rings. The standard InChI is InChI=1S/C24H22N4O2S/c1-17-8-6-7-11-21(17)23-26-27-24(28(23)2)31-16-22(29)25-18-12-14-20(15-13-18)30-19-9-4-3-5-10-19/h3-15H,16H2,1-2H3,(H,25,29). The quantitative estimate of drug-likeness (QED) is 0.402. The predicted octanol–water partition coefficient (Wildman–Crippen LogP) is 5.31. The molecule has 0 aliphatic carbocycles. The van der Waals surface area contributed by atoms with Crippen LogP contribution < -0.4 is 10.1 Å². The molecule has 0 atom stereocenters. The van der Waals surface area contributed by atoms with E-state index in [0.29, 0.717) is 16.6 Å². The van der Waals surface area contributed by atoms with E-state index in [1.807, 2.05) is 97.4 Å². The second kappa shape index (κ2) is 9.49. The number of aryl methyl sites for hydroxylation is 1. The van der Waals surface area contributed by atoms with Gasteiger partial charge in [0, 0.05) is 18.3 Å². The molecule has 156 valence electrons. The van der Waals surface area contributed by atoms with Crippen LogP contribution in [0.3, 0.4) is 0 Å². The van der Waals surface area contributed by atoms with E-state index in [-0.39, 0.29) is 11.7 Å². The van der Waals surface area contributed by atoms with Crippen LogP contribution in [0, 0.1) is 6.92 Å². The monoisotopic (exact) mass is 430 g/mol. The van der Waals surface area contributed by atoms with Crippen molar-refractivity contribution in [3.8, 4) is 22.9 Å². The lowest BCUT2D eigenvalue weighted by Gasteiger charge is -2.08. The highest BCUT2D eigenvalue weighted by molar-refractivity contribution is 7.99. The lowest BCUT2D eigenvalue weighted by Crippen LogP contribution is -2.14. The van der Waals surface area contributed by atoms with Gasteiger partial charge in [-0.25, -0.2) is 0 Å². The van der Waals surface area contributed by atoms with Gasteiger partial charge in [0.25, 0.3) is 0 Å². The van der Waals surface area contributed by atoms with Gasteiger partial charge in [0.1, 0.15) is 11.5 Å². The van der Waals surface area contributed by atoms with Crippen molar-refractivity contribution in [1.29, 1.82) is 0 Å². The number of carbonyl (C=O) groups excluding carboxylic acids is 1. The van der Waals surface area contributed by atoms with E-state index in [4.69, 9.17) is 4.74 Å². The number of rotatable bonds is 7. The van der Waals surface area contributed by atoms with Crippen molar-refractivity contribution >= 4 is 23.4 Å². The molecule has 0 saturated carbocycles. The highest BCUT2D eigenvalue weighted by Gasteiger charge is 2.14. The van der Waals surface area contributed by atoms with Gasteiger partial charge in [0.15, 0.2) is 11.0 Å². The molecule has 6 nitrogen and oxygen atoms in total. The SMILES string of the molecule is Cc1ccccc1-c1nnc(SCC(=O)Nc2ccc(Oc3ccccc3)cc2)n1C. The molecule has 31 heavy (non-hydrogen) atoms. The van der Waals surface area contributed by atoms with Crippen molar-refractivity contribution in [2.24, 2.45) is 7.05 Å². The van der Waals surface area contributed by atoms with Crippen molar-refractivity contribution in [3.63, 3.8) is 0 Å². The van der Waals surface area contributed by atoms with Gasteiger partial charge in [0.2, 0.25) is 5.91 Å². The summed E-state index contributed by atoms with van der Waals surface area (Å²) in [7, 11) is 1.91. The topological polar surface area (TPSA) is 69.0 Å². The Morgan fingerprint density at radius 2 is 1.61 bits per heavy atom. The largest absolute Gasteiger partial charge is 0.457 e. The second-order valence-electron chi connectivity index (χ2n) is 6.96. The Hall–Kier alpha value is -3.58. The van der Waals surface area contributed by atoms with Gasteiger partial charge in [-0.3, -0.25) is 4.79 Å². The fourth-order valence-corrected chi connectivity index (χ4v) is 3.77. The molecule has 1 heterocycles. The van der Waals surface area contributed by atoms with Crippen LogP contribution in [-0.2, 0) is 11.8 Å². The third kappa shape index (κ3) is 5.13. The van der Waals surface area contributed by atoms with Crippen LogP contribution in [0.2, 0.25) is 0 Å². The molecule has 0 saturated heterocycles. The number of para-hydroxylation sites is 1. The number of nitrogens with one attached hydrogen (secondary N) is 1. The molecular weight excluding hydrogens is 408 g/mol.